The summed E-state index contributed by atoms with van der Waals surface area (Å²) in [5.41, 5.74) is 0. The summed E-state index contributed by atoms with van der Waals surface area (Å²) in [4.78, 5) is 0. The Morgan fingerprint density at radius 2 is 1.57 bits per heavy atom. The van der Waals surface area contributed by atoms with E-state index in [0.717, 1.165) is 0 Å². The molecule has 0 radical (unpaired) electrons. The molecule has 0 aromatic heterocycles. The van der Waals surface area contributed by atoms with Crippen molar-refractivity contribution < 1.29 is 0 Å². The van der Waals surface area contributed by atoms with Crippen LogP contribution in [0.15, 0.2) is 0 Å². The molecule has 0 atom stereocenters. The molecule has 0 aliphatic rings. The summed E-state index contributed by atoms with van der Waals surface area (Å²) < 4.78 is 0. The van der Waals surface area contributed by atoms with Gasteiger partial charge in [0, 0.05) is 0 Å². The Balaban J connectivity index is 4.21. The van der Waals surface area contributed by atoms with Gasteiger partial charge in [0.2, 0.25) is 0 Å². The molecule has 0 saturated heterocycles. The van der Waals surface area contributed by atoms with Crippen molar-refractivity contribution >= 4 is 27.5 Å². The van der Waals surface area contributed by atoms with E-state index in [4.69, 9.17) is 6.42 Å². The van der Waals surface area contributed by atoms with E-state index < -0.39 is 6.33 Å². The van der Waals surface area contributed by atoms with Gasteiger partial charge in [0.25, 0.3) is 0 Å². The fourth-order valence-electron chi connectivity index (χ4n) is 0. The second-order valence-electron chi connectivity index (χ2n) is 2.73. The van der Waals surface area contributed by atoms with E-state index in [9.17, 15) is 0 Å². The quantitative estimate of drug-likeness (QED) is 0.366. The summed E-state index contributed by atoms with van der Waals surface area (Å²) in [5.74, 6) is 0. The standard InChI is InChI=1S/C5H11IS/c1-5-7(2,3,4)6/h1,7H,2-4H3. The molecule has 0 nitrogen and oxygen atoms in total. The normalized spacial score (nSPS) is 16.7. The van der Waals surface area contributed by atoms with Gasteiger partial charge in [-0.3, -0.25) is 0 Å². The molecule has 0 rings (SSSR count). The van der Waals surface area contributed by atoms with E-state index in [2.05, 4.69) is 45.2 Å². The predicted octanol–water partition coefficient (Wildman–Crippen LogP) is 1.89. The van der Waals surface area contributed by atoms with Crippen molar-refractivity contribution in [1.29, 1.82) is 0 Å². The molecule has 0 unspecified atom stereocenters. The zero-order valence-electron chi connectivity index (χ0n) is 4.90. The Hall–Kier alpha value is 0.640. The summed E-state index contributed by atoms with van der Waals surface area (Å²) in [5, 5.41) is 2.80. The minimum atomic E-state index is -1.58. The van der Waals surface area contributed by atoms with Gasteiger partial charge in [-0.05, 0) is 40.0 Å². The van der Waals surface area contributed by atoms with Crippen LogP contribution in [0.5, 0.6) is 0 Å². The van der Waals surface area contributed by atoms with E-state index in [1.165, 1.54) is 0 Å². The summed E-state index contributed by atoms with van der Waals surface area (Å²) in [6.45, 7) is 0. The summed E-state index contributed by atoms with van der Waals surface area (Å²) in [6, 6.07) is 0. The molecule has 44 valence electrons. The van der Waals surface area contributed by atoms with Crippen molar-refractivity contribution in [3.05, 3.63) is 0 Å². The number of terminal acetylenes is 1. The van der Waals surface area contributed by atoms with Crippen molar-refractivity contribution in [2.75, 3.05) is 18.8 Å². The average molecular weight is 230 g/mol. The van der Waals surface area contributed by atoms with E-state index in [1.54, 1.807) is 0 Å². The Morgan fingerprint density at radius 1 is 1.43 bits per heavy atom. The van der Waals surface area contributed by atoms with Crippen LogP contribution in [-0.2, 0) is 0 Å². The third-order valence-electron chi connectivity index (χ3n) is 0.436. The maximum Gasteiger partial charge on any atom is -0.0322 e. The summed E-state index contributed by atoms with van der Waals surface area (Å²) in [6.07, 6.45) is 10.1. The van der Waals surface area contributed by atoms with Crippen LogP contribution in [0, 0.1) is 11.7 Å². The van der Waals surface area contributed by atoms with Gasteiger partial charge >= 0.3 is 0 Å². The molecule has 7 heavy (non-hydrogen) atoms. The first-order valence-electron chi connectivity index (χ1n) is 2.02. The average Bonchev–Trinajstić information content (AvgIpc) is 1.32. The smallest absolute Gasteiger partial charge is 0.0322 e. The highest BCUT2D eigenvalue weighted by molar-refractivity contribution is 14.2. The number of hydrogen-bond donors (Lipinski definition) is 1. The van der Waals surface area contributed by atoms with Gasteiger partial charge in [0.15, 0.2) is 0 Å². The van der Waals surface area contributed by atoms with Crippen LogP contribution in [0.4, 0.5) is 0 Å². The van der Waals surface area contributed by atoms with Crippen LogP contribution in [0.1, 0.15) is 0 Å². The van der Waals surface area contributed by atoms with E-state index in [-0.39, 0.29) is 0 Å². The zero-order valence-corrected chi connectivity index (χ0v) is 7.95. The van der Waals surface area contributed by atoms with Gasteiger partial charge in [0.1, 0.15) is 0 Å². The molecule has 0 aliphatic heterocycles. The minimum absolute atomic E-state index is 1.58. The van der Waals surface area contributed by atoms with Gasteiger partial charge in [0.05, 0.1) is 0 Å². The first kappa shape index (κ1) is 7.64. The lowest BCUT2D eigenvalue weighted by Crippen LogP contribution is -1.96. The molecule has 0 spiro atoms. The highest BCUT2D eigenvalue weighted by atomic mass is 127. The largest absolute Gasteiger partial charge is 0.199 e. The second kappa shape index (κ2) is 1.56. The lowest BCUT2D eigenvalue weighted by molar-refractivity contribution is 2.12. The van der Waals surface area contributed by atoms with Crippen LogP contribution in [0.3, 0.4) is 0 Å². The number of rotatable bonds is 0. The van der Waals surface area contributed by atoms with Crippen molar-refractivity contribution in [2.45, 2.75) is 0 Å². The fourth-order valence-corrected chi connectivity index (χ4v) is 0. The molecule has 0 aromatic carbocycles. The minimum Gasteiger partial charge on any atom is -0.199 e. The van der Waals surface area contributed by atoms with Gasteiger partial charge in [-0.25, -0.2) is 0 Å². The number of hydrogen-bond acceptors (Lipinski definition) is 0. The lowest BCUT2D eigenvalue weighted by atomic mass is 11.4. The van der Waals surface area contributed by atoms with Crippen LogP contribution in [0.2, 0.25) is 0 Å². The van der Waals surface area contributed by atoms with Crippen molar-refractivity contribution in [3.63, 3.8) is 0 Å². The number of halogens is 1. The van der Waals surface area contributed by atoms with Crippen molar-refractivity contribution in [1.82, 2.24) is 0 Å². The van der Waals surface area contributed by atoms with Crippen molar-refractivity contribution in [2.24, 2.45) is 0 Å². The second-order valence-corrected chi connectivity index (χ2v) is 18.3. The molecule has 0 aliphatic carbocycles. The predicted molar refractivity (Wildman–Crippen MR) is 49.6 cm³/mol. The molecular weight excluding hydrogens is 219 g/mol. The summed E-state index contributed by atoms with van der Waals surface area (Å²) in [7, 11) is 0. The molecule has 0 N–H and O–H groups in total. The van der Waals surface area contributed by atoms with Crippen LogP contribution in [0.25, 0.3) is 0 Å². The highest BCUT2D eigenvalue weighted by Gasteiger charge is 2.14. The number of thiol groups is 1. The van der Waals surface area contributed by atoms with Crippen molar-refractivity contribution in [3.8, 4) is 11.7 Å². The Kier molecular flexibility index (Phi) is 1.70. The molecule has 0 aromatic rings. The Morgan fingerprint density at radius 3 is 1.57 bits per heavy atom. The van der Waals surface area contributed by atoms with Gasteiger partial charge < -0.3 is 0 Å². The first-order valence-corrected chi connectivity index (χ1v) is 8.39. The SMILES string of the molecule is C#C[SH](C)(C)(C)I. The lowest BCUT2D eigenvalue weighted by Gasteiger charge is -2.37. The van der Waals surface area contributed by atoms with E-state index >= 15 is 0 Å². The molecule has 0 bridgehead atoms. The fraction of sp³-hybridized carbons (Fsp3) is 0.600. The Bertz CT molecular complexity index is 103. The molecule has 0 saturated carbocycles. The van der Waals surface area contributed by atoms with Gasteiger partial charge in [-0.2, -0.15) is 6.33 Å². The highest BCUT2D eigenvalue weighted by Crippen LogP contribution is 2.66. The first-order chi connectivity index (χ1) is 2.81. The molecular formula is C5H11IS. The molecule has 0 fully saturated rings. The molecule has 0 amide bonds. The summed E-state index contributed by atoms with van der Waals surface area (Å²) >= 11 is 2.37. The molecule has 0 heterocycles. The third kappa shape index (κ3) is 6.64. The van der Waals surface area contributed by atoms with Gasteiger partial charge in [-0.1, -0.05) is 5.25 Å². The van der Waals surface area contributed by atoms with Crippen LogP contribution >= 0.6 is 27.5 Å². The van der Waals surface area contributed by atoms with E-state index in [1.807, 2.05) is 0 Å². The van der Waals surface area contributed by atoms with E-state index in [0.29, 0.717) is 0 Å². The third-order valence-corrected chi connectivity index (χ3v) is 2.14. The van der Waals surface area contributed by atoms with Crippen LogP contribution < -0.4 is 0 Å². The topological polar surface area (TPSA) is 0 Å². The zero-order chi connectivity index (χ0) is 6.15. The maximum absolute atomic E-state index is 5.24. The maximum atomic E-state index is 5.24. The monoisotopic (exact) mass is 230 g/mol. The van der Waals surface area contributed by atoms with Gasteiger partial charge in [-0.15, -0.1) is 6.42 Å². The molecule has 2 heteroatoms. The Labute approximate surface area is 57.9 Å². The van der Waals surface area contributed by atoms with Crippen LogP contribution in [-0.4, -0.2) is 18.8 Å².